The molecule has 0 rings (SSSR count). The predicted molar refractivity (Wildman–Crippen MR) is 84.6 cm³/mol. The summed E-state index contributed by atoms with van der Waals surface area (Å²) in [5, 5.41) is 0.505. The second kappa shape index (κ2) is 6.51. The fraction of sp³-hybridized carbons (Fsp3) is 0.688. The summed E-state index contributed by atoms with van der Waals surface area (Å²) in [6, 6.07) is 0. The lowest BCUT2D eigenvalue weighted by Gasteiger charge is -2.34. The molecule has 0 unspecified atom stereocenters. The highest BCUT2D eigenvalue weighted by atomic mass is 28.3. The van der Waals surface area contributed by atoms with Crippen LogP contribution in [0, 0.1) is 0 Å². The van der Waals surface area contributed by atoms with E-state index in [4.69, 9.17) is 0 Å². The van der Waals surface area contributed by atoms with E-state index in [1.165, 1.54) is 11.1 Å². The van der Waals surface area contributed by atoms with Gasteiger partial charge in [0.1, 0.15) is 13.5 Å². The molecular formula is C16H30OSi. The van der Waals surface area contributed by atoms with E-state index < -0.39 is 8.07 Å². The molecule has 0 atom stereocenters. The molecule has 0 aliphatic heterocycles. The van der Waals surface area contributed by atoms with Crippen LogP contribution in [0.4, 0.5) is 0 Å². The second-order valence-corrected chi connectivity index (χ2v) is 12.3. The van der Waals surface area contributed by atoms with Crippen LogP contribution >= 0.6 is 0 Å². The monoisotopic (exact) mass is 266 g/mol. The Morgan fingerprint density at radius 1 is 1.11 bits per heavy atom. The van der Waals surface area contributed by atoms with E-state index in [1.807, 2.05) is 6.08 Å². The lowest BCUT2D eigenvalue weighted by atomic mass is 10.1. The Kier molecular flexibility index (Phi) is 6.28. The van der Waals surface area contributed by atoms with Gasteiger partial charge in [0.05, 0.1) is 0 Å². The fourth-order valence-electron chi connectivity index (χ4n) is 1.43. The topological polar surface area (TPSA) is 17.1 Å². The second-order valence-electron chi connectivity index (χ2n) is 7.05. The molecule has 0 saturated heterocycles. The van der Waals surface area contributed by atoms with Crippen LogP contribution in [0.3, 0.4) is 0 Å². The van der Waals surface area contributed by atoms with Crippen LogP contribution in [-0.4, -0.2) is 13.5 Å². The van der Waals surface area contributed by atoms with Crippen LogP contribution < -0.4 is 0 Å². The normalized spacial score (nSPS) is 13.4. The summed E-state index contributed by atoms with van der Waals surface area (Å²) < 4.78 is 0. The van der Waals surface area contributed by atoms with Crippen molar-refractivity contribution in [1.29, 1.82) is 0 Å². The van der Waals surface area contributed by atoms with Crippen molar-refractivity contribution in [1.82, 2.24) is 0 Å². The van der Waals surface area contributed by atoms with Gasteiger partial charge in [0.15, 0.2) is 0 Å². The third kappa shape index (κ3) is 5.34. The average molecular weight is 267 g/mol. The van der Waals surface area contributed by atoms with Crippen molar-refractivity contribution < 1.29 is 4.79 Å². The maximum absolute atomic E-state index is 12.4. The van der Waals surface area contributed by atoms with Crippen molar-refractivity contribution >= 4 is 13.5 Å². The number of allylic oxidation sites excluding steroid dienone is 4. The molecule has 0 heterocycles. The summed E-state index contributed by atoms with van der Waals surface area (Å²) in [7, 11) is -1.86. The van der Waals surface area contributed by atoms with Crippen LogP contribution in [0.1, 0.15) is 54.4 Å². The van der Waals surface area contributed by atoms with Crippen molar-refractivity contribution in [2.45, 2.75) is 72.5 Å². The zero-order chi connectivity index (χ0) is 14.6. The minimum absolute atomic E-state index is 0.126. The van der Waals surface area contributed by atoms with E-state index >= 15 is 0 Å². The molecule has 0 aliphatic rings. The average Bonchev–Trinajstić information content (AvgIpc) is 2.14. The molecule has 0 radical (unpaired) electrons. The van der Waals surface area contributed by atoms with E-state index in [1.54, 1.807) is 0 Å². The molecule has 0 bridgehead atoms. The fourth-order valence-corrected chi connectivity index (χ4v) is 2.78. The van der Waals surface area contributed by atoms with Crippen LogP contribution in [-0.2, 0) is 4.79 Å². The highest BCUT2D eigenvalue weighted by Crippen LogP contribution is 2.36. The van der Waals surface area contributed by atoms with Crippen molar-refractivity contribution in [2.24, 2.45) is 0 Å². The number of hydrogen-bond donors (Lipinski definition) is 0. The molecule has 0 saturated carbocycles. The first-order valence-corrected chi connectivity index (χ1v) is 9.83. The molecular weight excluding hydrogens is 236 g/mol. The van der Waals surface area contributed by atoms with Crippen LogP contribution in [0.25, 0.3) is 0 Å². The van der Waals surface area contributed by atoms with Gasteiger partial charge in [0, 0.05) is 0 Å². The van der Waals surface area contributed by atoms with Gasteiger partial charge in [0.25, 0.3) is 0 Å². The van der Waals surface area contributed by atoms with Crippen molar-refractivity contribution in [3.05, 3.63) is 23.3 Å². The minimum Gasteiger partial charge on any atom is -0.301 e. The highest BCUT2D eigenvalue weighted by molar-refractivity contribution is 7.07. The van der Waals surface area contributed by atoms with Gasteiger partial charge in [-0.2, -0.15) is 0 Å². The number of carbonyl (C=O) groups excluding carboxylic acids is 1. The summed E-state index contributed by atoms with van der Waals surface area (Å²) in [6.07, 6.45) is 6.16. The Hall–Kier alpha value is -0.633. The van der Waals surface area contributed by atoms with Gasteiger partial charge in [-0.25, -0.2) is 0 Å². The first-order chi connectivity index (χ1) is 7.98. The largest absolute Gasteiger partial charge is 0.301 e. The summed E-state index contributed by atoms with van der Waals surface area (Å²) in [5.41, 5.74) is 2.56. The van der Waals surface area contributed by atoms with Crippen molar-refractivity contribution in [2.75, 3.05) is 0 Å². The van der Waals surface area contributed by atoms with E-state index in [0.29, 0.717) is 5.41 Å². The lowest BCUT2D eigenvalue weighted by molar-refractivity contribution is -0.108. The molecule has 0 aromatic heterocycles. The van der Waals surface area contributed by atoms with E-state index in [9.17, 15) is 4.79 Å². The molecule has 0 aliphatic carbocycles. The third-order valence-corrected chi connectivity index (χ3v) is 9.09. The van der Waals surface area contributed by atoms with Gasteiger partial charge in [0.2, 0.25) is 0 Å². The van der Waals surface area contributed by atoms with E-state index in [2.05, 4.69) is 60.7 Å². The third-order valence-electron chi connectivity index (χ3n) is 3.96. The SMILES string of the molecule is CC(C)=CCC/C(C)=C/C(=O)[Si](C)(C)C(C)(C)C. The Balaban J connectivity index is 4.68. The Bertz CT molecular complexity index is 350. The van der Waals surface area contributed by atoms with Gasteiger partial charge in [-0.3, -0.25) is 0 Å². The summed E-state index contributed by atoms with van der Waals surface area (Å²) >= 11 is 0. The molecule has 0 aromatic rings. The highest BCUT2D eigenvalue weighted by Gasteiger charge is 2.40. The Labute approximate surface area is 114 Å². The number of carbonyl (C=O) groups is 1. The van der Waals surface area contributed by atoms with Gasteiger partial charge in [-0.1, -0.05) is 51.1 Å². The van der Waals surface area contributed by atoms with E-state index in [-0.39, 0.29) is 5.04 Å². The maximum atomic E-state index is 12.4. The Morgan fingerprint density at radius 3 is 2.00 bits per heavy atom. The van der Waals surface area contributed by atoms with Crippen LogP contribution in [0.5, 0.6) is 0 Å². The lowest BCUT2D eigenvalue weighted by Crippen LogP contribution is -2.45. The maximum Gasteiger partial charge on any atom is 0.137 e. The van der Waals surface area contributed by atoms with Crippen molar-refractivity contribution in [3.8, 4) is 0 Å². The molecule has 0 N–H and O–H groups in total. The van der Waals surface area contributed by atoms with Crippen molar-refractivity contribution in [3.63, 3.8) is 0 Å². The van der Waals surface area contributed by atoms with Gasteiger partial charge < -0.3 is 4.79 Å². The molecule has 18 heavy (non-hydrogen) atoms. The molecule has 1 nitrogen and oxygen atoms in total. The molecule has 0 amide bonds. The van der Waals surface area contributed by atoms with Gasteiger partial charge in [-0.15, -0.1) is 0 Å². The first kappa shape index (κ1) is 17.4. The smallest absolute Gasteiger partial charge is 0.137 e. The molecule has 0 aromatic carbocycles. The van der Waals surface area contributed by atoms with E-state index in [0.717, 1.165) is 12.8 Å². The Morgan fingerprint density at radius 2 is 1.61 bits per heavy atom. The summed E-state index contributed by atoms with van der Waals surface area (Å²) in [6.45, 7) is 17.2. The number of rotatable bonds is 5. The molecule has 104 valence electrons. The zero-order valence-electron chi connectivity index (χ0n) is 13.5. The quantitative estimate of drug-likeness (QED) is 0.375. The van der Waals surface area contributed by atoms with Crippen LogP contribution in [0.2, 0.25) is 18.1 Å². The number of hydrogen-bond acceptors (Lipinski definition) is 1. The van der Waals surface area contributed by atoms with Gasteiger partial charge >= 0.3 is 0 Å². The first-order valence-electron chi connectivity index (χ1n) is 6.83. The zero-order valence-corrected chi connectivity index (χ0v) is 14.5. The summed E-state index contributed by atoms with van der Waals surface area (Å²) in [5.74, 6) is 0. The molecule has 0 fully saturated rings. The summed E-state index contributed by atoms with van der Waals surface area (Å²) in [4.78, 5) is 12.4. The standard InChI is InChI=1S/C16H30OSi/c1-13(2)10-9-11-14(3)12-15(17)18(7,8)16(4,5)6/h10,12H,9,11H2,1-8H3/b14-12+. The van der Waals surface area contributed by atoms with Crippen LogP contribution in [0.15, 0.2) is 23.3 Å². The minimum atomic E-state index is -1.86. The molecule has 2 heteroatoms. The van der Waals surface area contributed by atoms with Gasteiger partial charge in [-0.05, 0) is 44.7 Å². The predicted octanol–water partition coefficient (Wildman–Crippen LogP) is 5.30. The molecule has 0 spiro atoms.